The molecule has 5 rings (SSSR count). The first-order valence-electron chi connectivity index (χ1n) is 17.6. The van der Waals surface area contributed by atoms with Gasteiger partial charge in [-0.1, -0.05) is 31.9 Å². The average Bonchev–Trinajstić information content (AvgIpc) is 3.22. The summed E-state index contributed by atoms with van der Waals surface area (Å²) in [6.45, 7) is 0. The van der Waals surface area contributed by atoms with E-state index < -0.39 is 0 Å². The Morgan fingerprint density at radius 1 is 0.250 bits per heavy atom. The minimum absolute atomic E-state index is 0.542. The lowest BCUT2D eigenvalue weighted by molar-refractivity contribution is 0.353. The molecule has 0 amide bonds. The van der Waals surface area contributed by atoms with E-state index in [0.29, 0.717) is 83.2 Å². The van der Waals surface area contributed by atoms with Crippen molar-refractivity contribution in [3.63, 3.8) is 0 Å². The molecule has 0 aromatic heterocycles. The number of methoxy groups -OCH3 is 10. The van der Waals surface area contributed by atoms with Crippen molar-refractivity contribution in [1.29, 1.82) is 0 Å². The number of benzene rings is 5. The van der Waals surface area contributed by atoms with Crippen molar-refractivity contribution in [2.75, 3.05) is 71.1 Å². The molecule has 0 saturated carbocycles. The number of hydrogen-bond acceptors (Lipinski definition) is 10. The SMILES string of the molecule is COc1cc(Br)c(Cc2cc(OC)c(OC)cc2Cc2cc(OC)c(OC)cc2Cc2cc(OC)c(OC)cc2Cc2cc(OC)c(OC)cc2Br)cc1OC. The molecule has 0 aliphatic rings. The monoisotopic (exact) mass is 894 g/mol. The Kier molecular flexibility index (Phi) is 14.5. The van der Waals surface area contributed by atoms with Gasteiger partial charge in [-0.3, -0.25) is 0 Å². The van der Waals surface area contributed by atoms with E-state index in [2.05, 4.69) is 31.9 Å². The molecule has 0 spiro atoms. The van der Waals surface area contributed by atoms with Crippen LogP contribution < -0.4 is 47.4 Å². The zero-order valence-electron chi connectivity index (χ0n) is 33.4. The summed E-state index contributed by atoms with van der Waals surface area (Å²) in [7, 11) is 16.4. The van der Waals surface area contributed by atoms with Gasteiger partial charge in [-0.15, -0.1) is 0 Å². The van der Waals surface area contributed by atoms with Gasteiger partial charge in [-0.2, -0.15) is 0 Å². The second-order valence-electron chi connectivity index (χ2n) is 12.7. The highest BCUT2D eigenvalue weighted by Crippen LogP contribution is 2.41. The second kappa shape index (κ2) is 19.3. The normalized spacial score (nSPS) is 10.8. The van der Waals surface area contributed by atoms with Gasteiger partial charge in [0.15, 0.2) is 57.5 Å². The van der Waals surface area contributed by atoms with Crippen LogP contribution in [0.15, 0.2) is 69.6 Å². The molecule has 0 atom stereocenters. The van der Waals surface area contributed by atoms with Crippen molar-refractivity contribution in [1.82, 2.24) is 0 Å². The third-order valence-electron chi connectivity index (χ3n) is 9.75. The average molecular weight is 897 g/mol. The molecule has 0 fully saturated rings. The van der Waals surface area contributed by atoms with Crippen molar-refractivity contribution in [2.45, 2.75) is 25.7 Å². The maximum absolute atomic E-state index is 5.85. The van der Waals surface area contributed by atoms with E-state index in [1.54, 1.807) is 71.1 Å². The van der Waals surface area contributed by atoms with Crippen LogP contribution in [0, 0.1) is 0 Å². The lowest BCUT2D eigenvalue weighted by Gasteiger charge is -2.21. The van der Waals surface area contributed by atoms with Crippen molar-refractivity contribution in [2.24, 2.45) is 0 Å². The summed E-state index contributed by atoms with van der Waals surface area (Å²) in [6.07, 6.45) is 2.22. The minimum Gasteiger partial charge on any atom is -0.493 e. The Labute approximate surface area is 346 Å². The highest BCUT2D eigenvalue weighted by atomic mass is 79.9. The van der Waals surface area contributed by atoms with E-state index in [1.807, 2.05) is 60.7 Å². The van der Waals surface area contributed by atoms with Crippen LogP contribution in [0.25, 0.3) is 0 Å². The van der Waals surface area contributed by atoms with Crippen LogP contribution in [0.1, 0.15) is 44.5 Å². The molecule has 0 heterocycles. The maximum atomic E-state index is 5.85. The highest BCUT2D eigenvalue weighted by molar-refractivity contribution is 9.10. The maximum Gasteiger partial charge on any atom is 0.161 e. The molecule has 0 saturated heterocycles. The van der Waals surface area contributed by atoms with Crippen LogP contribution >= 0.6 is 31.9 Å². The van der Waals surface area contributed by atoms with E-state index in [4.69, 9.17) is 47.4 Å². The van der Waals surface area contributed by atoms with Gasteiger partial charge in [0, 0.05) is 8.95 Å². The van der Waals surface area contributed by atoms with Gasteiger partial charge in [0.05, 0.1) is 71.1 Å². The fourth-order valence-corrected chi connectivity index (χ4v) is 7.69. The summed E-state index contributed by atoms with van der Waals surface area (Å²) in [6, 6.07) is 20.1. The molecule has 56 heavy (non-hydrogen) atoms. The first-order chi connectivity index (χ1) is 27.1. The van der Waals surface area contributed by atoms with Crippen LogP contribution in [0.4, 0.5) is 0 Å². The fourth-order valence-electron chi connectivity index (χ4n) is 6.76. The van der Waals surface area contributed by atoms with Gasteiger partial charge in [-0.25, -0.2) is 0 Å². The summed E-state index contributed by atoms with van der Waals surface area (Å²) in [5.41, 5.74) is 8.27. The second-order valence-corrected chi connectivity index (χ2v) is 14.4. The van der Waals surface area contributed by atoms with E-state index in [9.17, 15) is 0 Å². The van der Waals surface area contributed by atoms with Gasteiger partial charge in [-0.05, 0) is 131 Å². The van der Waals surface area contributed by atoms with Crippen molar-refractivity contribution < 1.29 is 47.4 Å². The van der Waals surface area contributed by atoms with E-state index in [1.165, 1.54) is 0 Å². The quantitative estimate of drug-likeness (QED) is 0.0847. The van der Waals surface area contributed by atoms with Gasteiger partial charge in [0.1, 0.15) is 0 Å². The van der Waals surface area contributed by atoms with E-state index in [0.717, 1.165) is 53.5 Å². The predicted octanol–water partition coefficient (Wildman–Crippen LogP) is 9.66. The standard InChI is InChI=1S/C44H48Br2O10/c1-47-35-15-25(11-27-17-37(49-3)39(51-5)19-29(27)13-31-21-41(53-7)43(55-9)23-33(31)45)26(16-36(35)48-2)12-28-18-38(50-4)40(52-6)20-30(28)14-32-22-42(54-8)44(56-10)24-34(32)46/h15-24H,11-14H2,1-10H3. The molecule has 0 bridgehead atoms. The van der Waals surface area contributed by atoms with Crippen molar-refractivity contribution in [3.8, 4) is 57.5 Å². The molecular formula is C44H48Br2O10. The van der Waals surface area contributed by atoms with Crippen LogP contribution in [-0.2, 0) is 25.7 Å². The highest BCUT2D eigenvalue weighted by Gasteiger charge is 2.21. The summed E-state index contributed by atoms with van der Waals surface area (Å²) < 4.78 is 59.1. The molecule has 0 unspecified atom stereocenters. The first kappa shape index (κ1) is 42.2. The van der Waals surface area contributed by atoms with Crippen molar-refractivity contribution in [3.05, 3.63) is 114 Å². The molecule has 10 nitrogen and oxygen atoms in total. The summed E-state index contributed by atoms with van der Waals surface area (Å²) in [5, 5.41) is 0. The smallest absolute Gasteiger partial charge is 0.161 e. The Hall–Kier alpha value is -4.94. The number of ether oxygens (including phenoxy) is 10. The van der Waals surface area contributed by atoms with Crippen LogP contribution in [0.5, 0.6) is 57.5 Å². The van der Waals surface area contributed by atoms with Gasteiger partial charge in [0.2, 0.25) is 0 Å². The Bertz CT molecular complexity index is 2020. The molecule has 0 radical (unpaired) electrons. The number of halogens is 2. The molecule has 5 aromatic carbocycles. The Morgan fingerprint density at radius 3 is 0.571 bits per heavy atom. The summed E-state index contributed by atoms with van der Waals surface area (Å²) >= 11 is 7.52. The summed E-state index contributed by atoms with van der Waals surface area (Å²) in [4.78, 5) is 0. The summed E-state index contributed by atoms with van der Waals surface area (Å²) in [5.74, 6) is 6.32. The molecule has 298 valence electrons. The lowest BCUT2D eigenvalue weighted by atomic mass is 9.88. The van der Waals surface area contributed by atoms with Crippen molar-refractivity contribution >= 4 is 31.9 Å². The Balaban J connectivity index is 1.66. The number of rotatable bonds is 18. The van der Waals surface area contributed by atoms with Crippen LogP contribution in [0.2, 0.25) is 0 Å². The minimum atomic E-state index is 0.542. The van der Waals surface area contributed by atoms with Crippen LogP contribution in [0.3, 0.4) is 0 Å². The fraction of sp³-hybridized carbons (Fsp3) is 0.318. The molecular weight excluding hydrogens is 848 g/mol. The van der Waals surface area contributed by atoms with Gasteiger partial charge >= 0.3 is 0 Å². The molecule has 0 aliphatic heterocycles. The van der Waals surface area contributed by atoms with E-state index in [-0.39, 0.29) is 0 Å². The van der Waals surface area contributed by atoms with Crippen LogP contribution in [-0.4, -0.2) is 71.1 Å². The molecule has 0 N–H and O–H groups in total. The largest absolute Gasteiger partial charge is 0.493 e. The molecule has 0 aliphatic carbocycles. The molecule has 12 heteroatoms. The lowest BCUT2D eigenvalue weighted by Crippen LogP contribution is -2.07. The third-order valence-corrected chi connectivity index (χ3v) is 11.2. The molecule has 5 aromatic rings. The topological polar surface area (TPSA) is 92.3 Å². The zero-order valence-corrected chi connectivity index (χ0v) is 36.6. The Morgan fingerprint density at radius 2 is 0.393 bits per heavy atom. The number of hydrogen-bond donors (Lipinski definition) is 0. The predicted molar refractivity (Wildman–Crippen MR) is 224 cm³/mol. The van der Waals surface area contributed by atoms with Gasteiger partial charge < -0.3 is 47.4 Å². The van der Waals surface area contributed by atoms with Gasteiger partial charge in [0.25, 0.3) is 0 Å². The van der Waals surface area contributed by atoms with E-state index >= 15 is 0 Å². The first-order valence-corrected chi connectivity index (χ1v) is 19.2. The third kappa shape index (κ3) is 9.19. The zero-order chi connectivity index (χ0) is 40.5.